The van der Waals surface area contributed by atoms with Crippen molar-refractivity contribution in [2.24, 2.45) is 5.41 Å². The minimum Gasteiger partial charge on any atom is -0.367 e. The number of hydrogen-bond acceptors (Lipinski definition) is 2. The minimum atomic E-state index is -0.393. The van der Waals surface area contributed by atoms with Crippen molar-refractivity contribution in [1.82, 2.24) is 0 Å². The van der Waals surface area contributed by atoms with E-state index in [0.29, 0.717) is 0 Å². The van der Waals surface area contributed by atoms with E-state index in [1.807, 2.05) is 12.1 Å². The van der Waals surface area contributed by atoms with Crippen LogP contribution in [0.15, 0.2) is 24.3 Å². The van der Waals surface area contributed by atoms with E-state index in [2.05, 4.69) is 44.3 Å². The highest BCUT2D eigenvalue weighted by molar-refractivity contribution is 5.49. The highest BCUT2D eigenvalue weighted by Gasteiger charge is 2.40. The summed E-state index contributed by atoms with van der Waals surface area (Å²) in [6.45, 7) is 6.60. The van der Waals surface area contributed by atoms with Gasteiger partial charge in [0.25, 0.3) is 0 Å². The van der Waals surface area contributed by atoms with E-state index in [-0.39, 0.29) is 5.41 Å². The average molecular weight is 242 g/mol. The van der Waals surface area contributed by atoms with Gasteiger partial charge in [0, 0.05) is 5.69 Å². The predicted octanol–water partition coefficient (Wildman–Crippen LogP) is 4.27. The first kappa shape index (κ1) is 13.0. The first-order chi connectivity index (χ1) is 8.45. The van der Waals surface area contributed by atoms with Gasteiger partial charge in [-0.2, -0.15) is 5.26 Å². The van der Waals surface area contributed by atoms with E-state index >= 15 is 0 Å². The molecule has 1 fully saturated rings. The molecule has 0 aromatic heterocycles. The van der Waals surface area contributed by atoms with Gasteiger partial charge >= 0.3 is 0 Å². The summed E-state index contributed by atoms with van der Waals surface area (Å²) in [6, 6.07) is 10.8. The van der Waals surface area contributed by atoms with Gasteiger partial charge in [-0.25, -0.2) is 0 Å². The number of benzene rings is 1. The summed E-state index contributed by atoms with van der Waals surface area (Å²) in [4.78, 5) is 0. The van der Waals surface area contributed by atoms with E-state index in [1.54, 1.807) is 0 Å². The van der Waals surface area contributed by atoms with Gasteiger partial charge in [0.15, 0.2) is 0 Å². The largest absolute Gasteiger partial charge is 0.367 e. The Kier molecular flexibility index (Phi) is 3.34. The number of rotatable bonds is 2. The van der Waals surface area contributed by atoms with Gasteiger partial charge in [-0.15, -0.1) is 0 Å². The summed E-state index contributed by atoms with van der Waals surface area (Å²) < 4.78 is 0. The molecule has 0 aliphatic heterocycles. The molecule has 1 saturated carbocycles. The molecule has 1 unspecified atom stereocenters. The van der Waals surface area contributed by atoms with Gasteiger partial charge in [-0.05, 0) is 55.7 Å². The molecule has 2 nitrogen and oxygen atoms in total. The van der Waals surface area contributed by atoms with Crippen LogP contribution in [-0.2, 0) is 0 Å². The molecule has 1 aromatic carbocycles. The Morgan fingerprint density at radius 3 is 2.67 bits per heavy atom. The van der Waals surface area contributed by atoms with Crippen molar-refractivity contribution < 1.29 is 0 Å². The Morgan fingerprint density at radius 2 is 2.06 bits per heavy atom. The van der Waals surface area contributed by atoms with Crippen LogP contribution in [0.1, 0.15) is 45.1 Å². The third kappa shape index (κ3) is 2.85. The van der Waals surface area contributed by atoms with Crippen molar-refractivity contribution in [3.63, 3.8) is 0 Å². The molecule has 1 N–H and O–H groups in total. The zero-order valence-corrected chi connectivity index (χ0v) is 11.6. The molecule has 18 heavy (non-hydrogen) atoms. The van der Waals surface area contributed by atoms with Crippen LogP contribution in [0, 0.1) is 23.7 Å². The normalized spacial score (nSPS) is 26.3. The van der Waals surface area contributed by atoms with Crippen LogP contribution < -0.4 is 5.32 Å². The summed E-state index contributed by atoms with van der Waals surface area (Å²) in [6.07, 6.45) is 4.20. The lowest BCUT2D eigenvalue weighted by molar-refractivity contribution is 0.197. The summed E-state index contributed by atoms with van der Waals surface area (Å²) in [5.74, 6) is 0. The first-order valence-corrected chi connectivity index (χ1v) is 6.71. The summed E-state index contributed by atoms with van der Waals surface area (Å²) in [7, 11) is 0. The molecule has 2 heteroatoms. The van der Waals surface area contributed by atoms with E-state index in [1.165, 1.54) is 12.0 Å². The molecular formula is C16H22N2. The quantitative estimate of drug-likeness (QED) is 0.840. The standard InChI is InChI=1S/C16H22N2/c1-13-6-4-7-14(10-13)18-16(12-17)9-5-8-15(2,3)11-16/h4,6-7,10,18H,5,8-9,11H2,1-3H3. The van der Waals surface area contributed by atoms with Crippen molar-refractivity contribution in [3.8, 4) is 6.07 Å². The monoisotopic (exact) mass is 242 g/mol. The molecule has 0 amide bonds. The summed E-state index contributed by atoms with van der Waals surface area (Å²) >= 11 is 0. The van der Waals surface area contributed by atoms with Crippen molar-refractivity contribution in [2.75, 3.05) is 5.32 Å². The maximum absolute atomic E-state index is 9.59. The molecule has 1 aliphatic carbocycles. The Hall–Kier alpha value is -1.49. The minimum absolute atomic E-state index is 0.255. The van der Waals surface area contributed by atoms with Gasteiger partial charge in [0.1, 0.15) is 5.54 Å². The number of nitriles is 1. The summed E-state index contributed by atoms with van der Waals surface area (Å²) in [5.41, 5.74) is 2.15. The van der Waals surface area contributed by atoms with E-state index in [4.69, 9.17) is 0 Å². The Bertz CT molecular complexity index is 470. The number of hydrogen-bond donors (Lipinski definition) is 1. The van der Waals surface area contributed by atoms with Crippen molar-refractivity contribution >= 4 is 5.69 Å². The van der Waals surface area contributed by atoms with Crippen LogP contribution in [0.25, 0.3) is 0 Å². The van der Waals surface area contributed by atoms with Gasteiger partial charge < -0.3 is 5.32 Å². The molecule has 1 aromatic rings. The SMILES string of the molecule is Cc1cccc(NC2(C#N)CCCC(C)(C)C2)c1. The zero-order valence-electron chi connectivity index (χ0n) is 11.6. The van der Waals surface area contributed by atoms with Crippen molar-refractivity contribution in [2.45, 2.75) is 52.0 Å². The van der Waals surface area contributed by atoms with Gasteiger partial charge in [0.05, 0.1) is 6.07 Å². The van der Waals surface area contributed by atoms with Crippen LogP contribution in [-0.4, -0.2) is 5.54 Å². The molecule has 2 rings (SSSR count). The Morgan fingerprint density at radius 1 is 1.28 bits per heavy atom. The molecule has 0 bridgehead atoms. The van der Waals surface area contributed by atoms with Gasteiger partial charge in [-0.3, -0.25) is 0 Å². The van der Waals surface area contributed by atoms with E-state index in [9.17, 15) is 5.26 Å². The van der Waals surface area contributed by atoms with Crippen LogP contribution in [0.2, 0.25) is 0 Å². The third-order valence-corrected chi connectivity index (χ3v) is 3.85. The molecule has 0 heterocycles. The molecule has 0 spiro atoms. The second-order valence-electron chi connectivity index (χ2n) is 6.38. The Labute approximate surface area is 110 Å². The molecule has 1 atom stereocenters. The van der Waals surface area contributed by atoms with Crippen molar-refractivity contribution in [3.05, 3.63) is 29.8 Å². The van der Waals surface area contributed by atoms with Crippen LogP contribution in [0.4, 0.5) is 5.69 Å². The molecule has 0 radical (unpaired) electrons. The lowest BCUT2D eigenvalue weighted by Crippen LogP contribution is -2.44. The average Bonchev–Trinajstić information content (AvgIpc) is 2.27. The molecule has 96 valence electrons. The van der Waals surface area contributed by atoms with E-state index in [0.717, 1.165) is 24.9 Å². The fraction of sp³-hybridized carbons (Fsp3) is 0.562. The van der Waals surface area contributed by atoms with E-state index < -0.39 is 5.54 Å². The third-order valence-electron chi connectivity index (χ3n) is 3.85. The second kappa shape index (κ2) is 4.65. The van der Waals surface area contributed by atoms with Crippen molar-refractivity contribution in [1.29, 1.82) is 5.26 Å². The number of nitrogens with one attached hydrogen (secondary N) is 1. The highest BCUT2D eigenvalue weighted by atomic mass is 15.0. The lowest BCUT2D eigenvalue weighted by Gasteiger charge is -2.41. The van der Waals surface area contributed by atoms with Crippen LogP contribution in [0.5, 0.6) is 0 Å². The zero-order chi connectivity index (χ0) is 13.2. The fourth-order valence-corrected chi connectivity index (χ4v) is 3.09. The highest BCUT2D eigenvalue weighted by Crippen LogP contribution is 2.42. The number of anilines is 1. The summed E-state index contributed by atoms with van der Waals surface area (Å²) in [5, 5.41) is 13.1. The fourth-order valence-electron chi connectivity index (χ4n) is 3.09. The predicted molar refractivity (Wildman–Crippen MR) is 75.4 cm³/mol. The topological polar surface area (TPSA) is 35.8 Å². The molecular weight excluding hydrogens is 220 g/mol. The maximum atomic E-state index is 9.59. The lowest BCUT2D eigenvalue weighted by atomic mass is 9.68. The molecule has 1 aliphatic rings. The first-order valence-electron chi connectivity index (χ1n) is 6.71. The maximum Gasteiger partial charge on any atom is 0.125 e. The van der Waals surface area contributed by atoms with Crippen LogP contribution >= 0.6 is 0 Å². The van der Waals surface area contributed by atoms with Gasteiger partial charge in [0.2, 0.25) is 0 Å². The number of aryl methyl sites for hydroxylation is 1. The van der Waals surface area contributed by atoms with Crippen LogP contribution in [0.3, 0.4) is 0 Å². The smallest absolute Gasteiger partial charge is 0.125 e. The van der Waals surface area contributed by atoms with Gasteiger partial charge in [-0.1, -0.05) is 26.0 Å². The Balaban J connectivity index is 2.21. The molecule has 0 saturated heterocycles. The number of nitrogens with zero attached hydrogens (tertiary/aromatic N) is 1. The second-order valence-corrected chi connectivity index (χ2v) is 6.38.